The van der Waals surface area contributed by atoms with Crippen LogP contribution in [-0.2, 0) is 85.8 Å². The van der Waals surface area contributed by atoms with Crippen molar-refractivity contribution in [3.63, 3.8) is 0 Å². The van der Waals surface area contributed by atoms with Gasteiger partial charge in [0.15, 0.2) is 58.2 Å². The average molecular weight is 1960 g/mol. The zero-order valence-electron chi connectivity index (χ0n) is 75.6. The van der Waals surface area contributed by atoms with Crippen LogP contribution in [-0.4, -0.2) is 83.9 Å². The normalized spacial score (nSPS) is 14.2. The van der Waals surface area contributed by atoms with Gasteiger partial charge in [-0.3, -0.25) is 19.2 Å². The molecule has 0 radical (unpaired) electrons. The molecule has 0 atom stereocenters. The first kappa shape index (κ1) is 100. The Labute approximate surface area is 796 Å². The molecule has 0 aliphatic heterocycles. The van der Waals surface area contributed by atoms with E-state index < -0.39 is 58.6 Å². The van der Waals surface area contributed by atoms with Crippen LogP contribution >= 0.6 is 22.6 Å². The molecular formula is C107H114F7IN12O8. The molecule has 8 N–H and O–H groups in total. The summed E-state index contributed by atoms with van der Waals surface area (Å²) >= 11 is 2.26. The Hall–Kier alpha value is -12.0. The lowest BCUT2D eigenvalue weighted by atomic mass is 9.86. The fourth-order valence-corrected chi connectivity index (χ4v) is 18.0. The molecular weight excluding hydrogens is 1840 g/mol. The monoisotopic (exact) mass is 1950 g/mol. The Kier molecular flexibility index (Phi) is 38.0. The van der Waals surface area contributed by atoms with Crippen molar-refractivity contribution in [3.05, 3.63) is 306 Å². The number of hydrogen-bond donors (Lipinski definition) is 8. The Morgan fingerprint density at radius 2 is 0.593 bits per heavy atom. The molecule has 4 aliphatic rings. The van der Waals surface area contributed by atoms with Crippen molar-refractivity contribution in [2.24, 2.45) is 23.7 Å². The van der Waals surface area contributed by atoms with Crippen LogP contribution < -0.4 is 21.3 Å². The number of aryl methyl sites for hydroxylation is 4. The smallest absolute Gasteiger partial charge is 0.256 e. The molecule has 706 valence electrons. The molecule has 0 bridgehead atoms. The fourth-order valence-electron chi connectivity index (χ4n) is 17.7. The molecule has 8 aromatic carbocycles. The predicted molar refractivity (Wildman–Crippen MR) is 516 cm³/mol. The van der Waals surface area contributed by atoms with Crippen LogP contribution in [0.3, 0.4) is 0 Å². The lowest BCUT2D eigenvalue weighted by Gasteiger charge is -2.21. The van der Waals surface area contributed by atoms with Crippen LogP contribution in [0.2, 0.25) is 0 Å². The van der Waals surface area contributed by atoms with E-state index in [0.29, 0.717) is 82.5 Å². The Morgan fingerprint density at radius 3 is 0.904 bits per heavy atom. The Bertz CT molecular complexity index is 5880. The van der Waals surface area contributed by atoms with Crippen molar-refractivity contribution in [1.82, 2.24) is 39.9 Å². The van der Waals surface area contributed by atoms with Gasteiger partial charge in [0, 0.05) is 37.0 Å². The van der Waals surface area contributed by atoms with Gasteiger partial charge < -0.3 is 41.7 Å². The molecule has 0 saturated heterocycles. The summed E-state index contributed by atoms with van der Waals surface area (Å²) in [7, 11) is 0. The van der Waals surface area contributed by atoms with Gasteiger partial charge in [0.2, 0.25) is 23.5 Å². The number of nitrogens with one attached hydrogen (secondary N) is 4. The summed E-state index contributed by atoms with van der Waals surface area (Å²) in [5.74, 6) is -9.93. The van der Waals surface area contributed by atoms with Crippen molar-refractivity contribution in [1.29, 1.82) is 0 Å². The van der Waals surface area contributed by atoms with Crippen LogP contribution in [0.1, 0.15) is 226 Å². The molecule has 4 aromatic heterocycles. The van der Waals surface area contributed by atoms with Gasteiger partial charge in [-0.2, -0.15) is 0 Å². The van der Waals surface area contributed by atoms with E-state index in [-0.39, 0.29) is 56.4 Å². The van der Waals surface area contributed by atoms with E-state index >= 15 is 0 Å². The van der Waals surface area contributed by atoms with E-state index in [1.807, 2.05) is 115 Å². The molecule has 4 saturated carbocycles. The lowest BCUT2D eigenvalue weighted by Crippen LogP contribution is -2.20. The number of rotatable bonds is 31. The highest BCUT2D eigenvalue weighted by molar-refractivity contribution is 14.1. The van der Waals surface area contributed by atoms with Gasteiger partial charge in [-0.25, -0.2) is 70.6 Å². The average Bonchev–Trinajstić information content (AvgIpc) is 0.790. The maximum atomic E-state index is 14.1. The highest BCUT2D eigenvalue weighted by Gasteiger charge is 2.30. The molecule has 4 amide bonds. The summed E-state index contributed by atoms with van der Waals surface area (Å²) < 4.78 is 96.4. The van der Waals surface area contributed by atoms with Crippen LogP contribution in [0.5, 0.6) is 0 Å². The number of amides is 4. The van der Waals surface area contributed by atoms with Crippen molar-refractivity contribution < 1.29 is 70.3 Å². The van der Waals surface area contributed by atoms with E-state index in [2.05, 4.69) is 68.8 Å². The van der Waals surface area contributed by atoms with E-state index in [0.717, 1.165) is 165 Å². The summed E-state index contributed by atoms with van der Waals surface area (Å²) in [6, 6.07) is 50.5. The van der Waals surface area contributed by atoms with Gasteiger partial charge in [0.1, 0.15) is 0 Å². The van der Waals surface area contributed by atoms with Crippen molar-refractivity contribution >= 4 is 69.5 Å². The molecule has 16 rings (SSSR count). The summed E-state index contributed by atoms with van der Waals surface area (Å²) in [6.45, 7) is -0.0959. The van der Waals surface area contributed by atoms with E-state index in [4.69, 9.17) is 15.0 Å². The second-order valence-corrected chi connectivity index (χ2v) is 36.5. The third kappa shape index (κ3) is 29.8. The summed E-state index contributed by atoms with van der Waals surface area (Å²) in [4.78, 5) is 88.0. The second kappa shape index (κ2) is 51.1. The fraction of sp³-hybridized carbons (Fsp3) is 0.364. The maximum absolute atomic E-state index is 14.1. The van der Waals surface area contributed by atoms with Crippen LogP contribution in [0.4, 0.5) is 54.0 Å². The SMILES string of the molecule is O=C(Cc1c(F)c(F)c(F)c(F)c1F)Nc1ncc(-c2ccc(CO)cc2)nc1CCC1CCCCC1.O=C(Cc1ccc(F)c(F)c1)Nc1ncc(-c2ccc(CO)cc2)nc1CCC1CCCCC1.O=C(Cc1ccc(I)cc1)Nc1ncc(-c2ccc(CO)cc2)nc1CCC1CCCCC1.O=C(Nc1ncc(-c2ccc(CO)cc2)nc1CCC1CCCCC1)c1ccccc1. The quantitative estimate of drug-likeness (QED) is 0.00867. The van der Waals surface area contributed by atoms with E-state index in [9.17, 15) is 70.3 Å². The summed E-state index contributed by atoms with van der Waals surface area (Å²) in [5.41, 5.74) is 13.2. The van der Waals surface area contributed by atoms with Crippen molar-refractivity contribution in [2.45, 2.75) is 225 Å². The van der Waals surface area contributed by atoms with Gasteiger partial charge in [-0.15, -0.1) is 0 Å². The topological polar surface area (TPSA) is 300 Å². The van der Waals surface area contributed by atoms with Crippen LogP contribution in [0.25, 0.3) is 45.0 Å². The first-order valence-corrected chi connectivity index (χ1v) is 47.9. The minimum Gasteiger partial charge on any atom is -0.392 e. The zero-order chi connectivity index (χ0) is 95.0. The van der Waals surface area contributed by atoms with Gasteiger partial charge in [0.05, 0.1) is 116 Å². The molecule has 135 heavy (non-hydrogen) atoms. The third-order valence-electron chi connectivity index (χ3n) is 25.5. The highest BCUT2D eigenvalue weighted by Crippen LogP contribution is 2.36. The Balaban J connectivity index is 0.000000153. The predicted octanol–water partition coefficient (Wildman–Crippen LogP) is 23.0. The Morgan fingerprint density at radius 1 is 0.311 bits per heavy atom. The minimum atomic E-state index is -2.28. The number of benzene rings is 8. The molecule has 0 unspecified atom stereocenters. The number of aliphatic hydroxyl groups excluding tert-OH is 4. The maximum Gasteiger partial charge on any atom is 0.256 e. The lowest BCUT2D eigenvalue weighted by molar-refractivity contribution is -0.116. The van der Waals surface area contributed by atoms with Crippen molar-refractivity contribution in [2.75, 3.05) is 21.3 Å². The molecule has 4 heterocycles. The number of carbonyl (C=O) groups is 4. The van der Waals surface area contributed by atoms with Crippen LogP contribution in [0, 0.1) is 68.0 Å². The first-order valence-electron chi connectivity index (χ1n) is 46.8. The van der Waals surface area contributed by atoms with Crippen LogP contribution in [0.15, 0.2) is 195 Å². The summed E-state index contributed by atoms with van der Waals surface area (Å²) in [6.07, 6.45) is 37.3. The first-order chi connectivity index (χ1) is 65.6. The number of halogens is 8. The second-order valence-electron chi connectivity index (χ2n) is 35.2. The van der Waals surface area contributed by atoms with E-state index in [1.54, 1.807) is 55.0 Å². The van der Waals surface area contributed by atoms with Gasteiger partial charge in [-0.1, -0.05) is 262 Å². The minimum absolute atomic E-state index is 0.0169. The number of nitrogens with zero attached hydrogens (tertiary/aromatic N) is 8. The largest absolute Gasteiger partial charge is 0.392 e. The molecule has 0 spiro atoms. The number of aliphatic hydroxyl groups is 4. The number of hydrogen-bond acceptors (Lipinski definition) is 16. The van der Waals surface area contributed by atoms with E-state index in [1.165, 1.54) is 115 Å². The standard InChI is InChI=1S/C27H26F5N3O2.C27H29F2N3O2.C27H30IN3O2.C26H29N3O2/c28-22-18(23(29)25(31)26(32)24(22)30)12-21(37)35-27-19(11-8-15-4-2-1-3-5-15)34-20(13-33-27)17-9-6-16(14-36)7-10-17;28-22-12-8-20(14-23(22)29)15-26(34)32-27-24(13-9-18-4-2-1-3-5-18)31-25(16-30-27)21-10-6-19(17-33)7-11-21;28-23-13-8-20(9-14-23)16-26(33)31-27-24(15-10-19-4-2-1-3-5-19)30-25(17-29-27)22-11-6-21(18-32)7-12-22;30-18-20-11-14-21(15-12-20)24-17-27-25(29-26(31)22-9-5-2-6-10-22)23(28-24)16-13-19-7-3-1-4-8-19/h6-7,9-10,13,15,36H,1-5,8,11-12,14H2,(H,33,35,37);6-8,10-12,14,16,18,33H,1-5,9,13,15,17H2,(H,30,32,34);6-9,11-14,17,19,32H,1-5,10,15-16,18H2,(H,29,31,33);2,5-6,9-12,14-15,17,19,30H,1,3-4,7-8,13,16,18H2,(H,27,29,31). The number of anilines is 4. The third-order valence-corrected chi connectivity index (χ3v) is 26.2. The van der Waals surface area contributed by atoms with Gasteiger partial charge in [-0.05, 0) is 167 Å². The van der Waals surface area contributed by atoms with Gasteiger partial charge in [0.25, 0.3) is 5.91 Å². The van der Waals surface area contributed by atoms with Gasteiger partial charge >= 0.3 is 0 Å². The number of aromatic nitrogens is 8. The number of carbonyl (C=O) groups excluding carboxylic acids is 4. The highest BCUT2D eigenvalue weighted by atomic mass is 127. The molecule has 20 nitrogen and oxygen atoms in total. The zero-order valence-corrected chi connectivity index (χ0v) is 77.7. The van der Waals surface area contributed by atoms with Crippen molar-refractivity contribution in [3.8, 4) is 45.0 Å². The summed E-state index contributed by atoms with van der Waals surface area (Å²) in [5, 5.41) is 48.4. The molecule has 28 heteroatoms. The molecule has 4 fully saturated rings. The molecule has 4 aliphatic carbocycles. The molecule has 12 aromatic rings.